The van der Waals surface area contributed by atoms with Crippen LogP contribution in [0.3, 0.4) is 0 Å². The molecule has 0 aliphatic carbocycles. The number of aliphatic hydroxyl groups is 1. The lowest BCUT2D eigenvalue weighted by atomic mass is 10.0. The standard InChI is InChI=1S/C6H11BNO5P/c7-3-6(10)8-5(4-9)1-2-13-14(11)12/h5,9H,1-4H2,(H-,8,10,11,12)/p+1/t5-/m1/s1. The van der Waals surface area contributed by atoms with Crippen molar-refractivity contribution in [3.63, 3.8) is 0 Å². The fourth-order valence-electron chi connectivity index (χ4n) is 0.769. The lowest BCUT2D eigenvalue weighted by Gasteiger charge is -2.13. The number of hydrogen-bond acceptors (Lipinski definition) is 4. The molecule has 0 aromatic rings. The Hall–Kier alpha value is -0.485. The second kappa shape index (κ2) is 7.88. The topological polar surface area (TPSA) is 95.9 Å². The van der Waals surface area contributed by atoms with E-state index in [9.17, 15) is 9.36 Å². The molecule has 0 aliphatic rings. The van der Waals surface area contributed by atoms with Crippen LogP contribution in [0.15, 0.2) is 0 Å². The van der Waals surface area contributed by atoms with E-state index in [1.165, 1.54) is 0 Å². The van der Waals surface area contributed by atoms with Gasteiger partial charge >= 0.3 is 8.25 Å². The van der Waals surface area contributed by atoms with E-state index in [1.54, 1.807) is 0 Å². The number of rotatable bonds is 7. The molecule has 0 heterocycles. The van der Waals surface area contributed by atoms with Crippen LogP contribution in [0, 0.1) is 0 Å². The van der Waals surface area contributed by atoms with Crippen LogP contribution in [-0.2, 0) is 13.9 Å². The highest BCUT2D eigenvalue weighted by molar-refractivity contribution is 7.32. The molecule has 0 aromatic carbocycles. The van der Waals surface area contributed by atoms with Gasteiger partial charge < -0.3 is 10.4 Å². The minimum Gasteiger partial charge on any atom is -0.394 e. The Morgan fingerprint density at radius 1 is 1.64 bits per heavy atom. The fourth-order valence-corrected chi connectivity index (χ4v) is 1.03. The molecule has 2 atom stereocenters. The maximum Gasteiger partial charge on any atom is 0.694 e. The Bertz CT molecular complexity index is 203. The van der Waals surface area contributed by atoms with Crippen molar-refractivity contribution in [1.82, 2.24) is 5.32 Å². The zero-order valence-electron chi connectivity index (χ0n) is 7.55. The summed E-state index contributed by atoms with van der Waals surface area (Å²) in [5, 5.41) is 11.2. The van der Waals surface area contributed by atoms with Crippen LogP contribution >= 0.6 is 8.25 Å². The molecule has 8 heteroatoms. The number of nitrogens with one attached hydrogen (secondary N) is 1. The molecular formula is C6H12BNO5P+. The smallest absolute Gasteiger partial charge is 0.394 e. The van der Waals surface area contributed by atoms with Gasteiger partial charge in [0.05, 0.1) is 20.5 Å². The van der Waals surface area contributed by atoms with Crippen LogP contribution in [-0.4, -0.2) is 43.0 Å². The van der Waals surface area contributed by atoms with Gasteiger partial charge in [-0.15, -0.1) is 9.42 Å². The zero-order chi connectivity index (χ0) is 11.0. The molecule has 0 bridgehead atoms. The van der Waals surface area contributed by atoms with Gasteiger partial charge in [-0.25, -0.2) is 0 Å². The Kier molecular flexibility index (Phi) is 7.60. The third-order valence-corrected chi connectivity index (χ3v) is 1.84. The molecule has 1 unspecified atom stereocenters. The SMILES string of the molecule is [B]CC(=O)N[C@@H](CO)CCO[P+](=O)O. The first-order valence-electron chi connectivity index (χ1n) is 3.99. The highest BCUT2D eigenvalue weighted by Gasteiger charge is 2.15. The number of carbonyl (C=O) groups excluding carboxylic acids is 1. The van der Waals surface area contributed by atoms with Crippen molar-refractivity contribution >= 4 is 22.0 Å². The van der Waals surface area contributed by atoms with Gasteiger partial charge in [0.1, 0.15) is 6.61 Å². The summed E-state index contributed by atoms with van der Waals surface area (Å²) >= 11 is 0. The first kappa shape index (κ1) is 13.5. The van der Waals surface area contributed by atoms with Crippen LogP contribution in [0.5, 0.6) is 0 Å². The van der Waals surface area contributed by atoms with E-state index >= 15 is 0 Å². The molecule has 0 rings (SSSR count). The molecule has 0 aliphatic heterocycles. The van der Waals surface area contributed by atoms with E-state index in [-0.39, 0.29) is 26.0 Å². The minimum absolute atomic E-state index is 0.0121. The number of amides is 1. The summed E-state index contributed by atoms with van der Waals surface area (Å²) in [5.74, 6) is -0.391. The van der Waals surface area contributed by atoms with E-state index in [0.717, 1.165) is 0 Å². The normalized spacial score (nSPS) is 13.4. The Balaban J connectivity index is 3.68. The fraction of sp³-hybridized carbons (Fsp3) is 0.833. The summed E-state index contributed by atoms with van der Waals surface area (Å²) in [6.45, 7) is -0.279. The third kappa shape index (κ3) is 6.97. The van der Waals surface area contributed by atoms with Gasteiger partial charge in [0.25, 0.3) is 0 Å². The average molecular weight is 220 g/mol. The first-order chi connectivity index (χ1) is 6.60. The van der Waals surface area contributed by atoms with Crippen molar-refractivity contribution in [2.24, 2.45) is 0 Å². The predicted molar refractivity (Wildman–Crippen MR) is 50.0 cm³/mol. The summed E-state index contributed by atoms with van der Waals surface area (Å²) < 4.78 is 14.5. The van der Waals surface area contributed by atoms with Gasteiger partial charge in [-0.2, -0.15) is 0 Å². The van der Waals surface area contributed by atoms with Gasteiger partial charge in [0, 0.05) is 4.57 Å². The number of hydrogen-bond donors (Lipinski definition) is 3. The Morgan fingerprint density at radius 3 is 2.71 bits per heavy atom. The number of carbonyl (C=O) groups is 1. The van der Waals surface area contributed by atoms with E-state index in [4.69, 9.17) is 17.8 Å². The van der Waals surface area contributed by atoms with Crippen molar-refractivity contribution < 1.29 is 23.9 Å². The molecule has 78 valence electrons. The van der Waals surface area contributed by atoms with Crippen LogP contribution in [0.25, 0.3) is 0 Å². The van der Waals surface area contributed by atoms with E-state index in [1.807, 2.05) is 0 Å². The predicted octanol–water partition coefficient (Wildman–Crippen LogP) is -0.893. The Labute approximate surface area is 84.0 Å². The largest absolute Gasteiger partial charge is 0.694 e. The van der Waals surface area contributed by atoms with Crippen molar-refractivity contribution in [2.75, 3.05) is 13.2 Å². The monoisotopic (exact) mass is 220 g/mol. The molecule has 0 aromatic heterocycles. The molecule has 1 amide bonds. The number of aliphatic hydroxyl groups excluding tert-OH is 1. The van der Waals surface area contributed by atoms with Crippen molar-refractivity contribution in [1.29, 1.82) is 0 Å². The minimum atomic E-state index is -2.63. The zero-order valence-corrected chi connectivity index (χ0v) is 8.44. The quantitative estimate of drug-likeness (QED) is 0.382. The summed E-state index contributed by atoms with van der Waals surface area (Å²) in [5.41, 5.74) is 0. The lowest BCUT2D eigenvalue weighted by Crippen LogP contribution is -2.37. The van der Waals surface area contributed by atoms with Gasteiger partial charge in [-0.05, 0) is 12.7 Å². The third-order valence-electron chi connectivity index (χ3n) is 1.44. The molecule has 3 N–H and O–H groups in total. The molecule has 0 saturated heterocycles. The van der Waals surface area contributed by atoms with Crippen molar-refractivity contribution in [3.8, 4) is 0 Å². The first-order valence-corrected chi connectivity index (χ1v) is 5.12. The van der Waals surface area contributed by atoms with Gasteiger partial charge in [0.15, 0.2) is 0 Å². The molecule has 2 radical (unpaired) electrons. The maximum atomic E-state index is 10.8. The highest BCUT2D eigenvalue weighted by atomic mass is 31.1. The van der Waals surface area contributed by atoms with Crippen molar-refractivity contribution in [3.05, 3.63) is 0 Å². The van der Waals surface area contributed by atoms with Gasteiger partial charge in [0.2, 0.25) is 5.91 Å². The Morgan fingerprint density at radius 2 is 2.29 bits per heavy atom. The van der Waals surface area contributed by atoms with Crippen LogP contribution in [0.2, 0.25) is 6.32 Å². The van der Waals surface area contributed by atoms with Crippen LogP contribution in [0.1, 0.15) is 6.42 Å². The van der Waals surface area contributed by atoms with Crippen molar-refractivity contribution in [2.45, 2.75) is 18.8 Å². The maximum absolute atomic E-state index is 10.8. The molecule has 14 heavy (non-hydrogen) atoms. The van der Waals surface area contributed by atoms with E-state index in [2.05, 4.69) is 9.84 Å². The molecular weight excluding hydrogens is 208 g/mol. The van der Waals surface area contributed by atoms with E-state index < -0.39 is 20.2 Å². The molecule has 0 saturated carbocycles. The van der Waals surface area contributed by atoms with Crippen LogP contribution < -0.4 is 5.32 Å². The molecule has 6 nitrogen and oxygen atoms in total. The molecule has 0 spiro atoms. The van der Waals surface area contributed by atoms with E-state index in [0.29, 0.717) is 0 Å². The van der Waals surface area contributed by atoms with Gasteiger partial charge in [-0.1, -0.05) is 0 Å². The highest BCUT2D eigenvalue weighted by Crippen LogP contribution is 2.14. The molecule has 0 fully saturated rings. The average Bonchev–Trinajstić information content (AvgIpc) is 2.15. The second-order valence-electron chi connectivity index (χ2n) is 2.51. The summed E-state index contributed by atoms with van der Waals surface area (Å²) in [4.78, 5) is 19.1. The van der Waals surface area contributed by atoms with Gasteiger partial charge in [-0.3, -0.25) is 4.79 Å². The summed E-state index contributed by atoms with van der Waals surface area (Å²) in [6.07, 6.45) is 0.0928. The summed E-state index contributed by atoms with van der Waals surface area (Å²) in [7, 11) is 2.41. The van der Waals surface area contributed by atoms with Crippen LogP contribution in [0.4, 0.5) is 0 Å². The summed E-state index contributed by atoms with van der Waals surface area (Å²) in [6, 6.07) is -0.499. The second-order valence-corrected chi connectivity index (χ2v) is 3.24. The lowest BCUT2D eigenvalue weighted by molar-refractivity contribution is -0.120.